The second kappa shape index (κ2) is 9.53. The average Bonchev–Trinajstić information content (AvgIpc) is 3.14. The molecule has 1 aromatic carbocycles. The van der Waals surface area contributed by atoms with Crippen molar-refractivity contribution in [3.05, 3.63) is 53.0 Å². The minimum Gasteiger partial charge on any atom is -0.462 e. The molecule has 0 saturated carbocycles. The van der Waals surface area contributed by atoms with Gasteiger partial charge < -0.3 is 10.1 Å². The predicted molar refractivity (Wildman–Crippen MR) is 110 cm³/mol. The van der Waals surface area contributed by atoms with Crippen molar-refractivity contribution in [2.24, 2.45) is 0 Å². The number of hydrogen-bond acceptors (Lipinski definition) is 5. The van der Waals surface area contributed by atoms with Crippen LogP contribution < -0.4 is 5.32 Å². The summed E-state index contributed by atoms with van der Waals surface area (Å²) in [5.41, 5.74) is 3.51. The number of carbonyl (C=O) groups is 1. The lowest BCUT2D eigenvalue weighted by Gasteiger charge is -2.28. The molecule has 0 spiro atoms. The molecule has 0 unspecified atom stereocenters. The molecule has 0 bridgehead atoms. The fraction of sp³-hybridized carbons (Fsp3) is 0.500. The Morgan fingerprint density at radius 3 is 2.57 bits per heavy atom. The summed E-state index contributed by atoms with van der Waals surface area (Å²) >= 11 is 0. The number of aromatic nitrogens is 3. The molecule has 2 heterocycles. The van der Waals surface area contributed by atoms with Gasteiger partial charge in [-0.15, -0.1) is 0 Å². The molecule has 0 radical (unpaired) electrons. The molecule has 0 fully saturated rings. The fourth-order valence-electron chi connectivity index (χ4n) is 3.54. The molecular weight excluding hydrogens is 352 g/mol. The van der Waals surface area contributed by atoms with Gasteiger partial charge in [-0.05, 0) is 25.8 Å². The van der Waals surface area contributed by atoms with E-state index in [-0.39, 0.29) is 12.0 Å². The predicted octanol–water partition coefficient (Wildman–Crippen LogP) is 4.78. The van der Waals surface area contributed by atoms with Gasteiger partial charge in [-0.3, -0.25) is 0 Å². The number of rotatable bonds is 9. The summed E-state index contributed by atoms with van der Waals surface area (Å²) in [6.45, 7) is 6.60. The van der Waals surface area contributed by atoms with Gasteiger partial charge in [0.1, 0.15) is 12.4 Å². The summed E-state index contributed by atoms with van der Waals surface area (Å²) in [6, 6.07) is 7.82. The second-order valence-electron chi connectivity index (χ2n) is 7.41. The van der Waals surface area contributed by atoms with Gasteiger partial charge in [0.05, 0.1) is 12.2 Å². The Labute approximate surface area is 167 Å². The van der Waals surface area contributed by atoms with Gasteiger partial charge in [-0.1, -0.05) is 68.9 Å². The smallest absolute Gasteiger partial charge is 0.338 e. The number of benzene rings is 1. The van der Waals surface area contributed by atoms with E-state index < -0.39 is 0 Å². The summed E-state index contributed by atoms with van der Waals surface area (Å²) in [4.78, 5) is 17.2. The number of nitrogens with zero attached hydrogens (tertiary/aromatic N) is 3. The maximum atomic E-state index is 12.9. The number of ether oxygens (including phenoxy) is 1. The molecule has 0 saturated heterocycles. The molecule has 1 atom stereocenters. The van der Waals surface area contributed by atoms with Crippen molar-refractivity contribution in [3.8, 4) is 0 Å². The Balaban J connectivity index is 1.72. The third kappa shape index (κ3) is 4.61. The molecule has 0 amide bonds. The van der Waals surface area contributed by atoms with Gasteiger partial charge in [0.25, 0.3) is 0 Å². The van der Waals surface area contributed by atoms with Gasteiger partial charge in [-0.25, -0.2) is 9.48 Å². The number of anilines is 1. The zero-order valence-electron chi connectivity index (χ0n) is 17.1. The molecule has 0 aliphatic carbocycles. The highest BCUT2D eigenvalue weighted by Crippen LogP contribution is 2.35. The highest BCUT2D eigenvalue weighted by Gasteiger charge is 2.34. The van der Waals surface area contributed by atoms with Crippen molar-refractivity contribution in [1.29, 1.82) is 0 Å². The first-order valence-corrected chi connectivity index (χ1v) is 10.2. The number of allylic oxidation sites excluding steroid dienone is 1. The summed E-state index contributed by atoms with van der Waals surface area (Å²) in [5, 5.41) is 7.52. The number of fused-ring (bicyclic) bond motifs is 1. The number of nitrogens with one attached hydrogen (secondary N) is 1. The zero-order valence-corrected chi connectivity index (χ0v) is 17.1. The lowest BCUT2D eigenvalue weighted by Crippen LogP contribution is -2.29. The van der Waals surface area contributed by atoms with E-state index in [4.69, 9.17) is 4.74 Å². The quantitative estimate of drug-likeness (QED) is 0.499. The van der Waals surface area contributed by atoms with Crippen LogP contribution in [0.3, 0.4) is 0 Å². The van der Waals surface area contributed by atoms with Gasteiger partial charge in [-0.2, -0.15) is 10.1 Å². The number of unbranched alkanes of at least 4 members (excludes halogenated alkanes) is 5. The lowest BCUT2D eigenvalue weighted by atomic mass is 9.95. The normalized spacial score (nSPS) is 15.9. The van der Waals surface area contributed by atoms with E-state index in [0.29, 0.717) is 18.1 Å². The highest BCUT2D eigenvalue weighted by atomic mass is 16.5. The van der Waals surface area contributed by atoms with Crippen molar-refractivity contribution in [3.63, 3.8) is 0 Å². The average molecular weight is 383 g/mol. The van der Waals surface area contributed by atoms with Gasteiger partial charge >= 0.3 is 5.97 Å². The van der Waals surface area contributed by atoms with Gasteiger partial charge in [0.15, 0.2) is 0 Å². The van der Waals surface area contributed by atoms with E-state index in [9.17, 15) is 4.79 Å². The molecule has 150 valence electrons. The van der Waals surface area contributed by atoms with Crippen LogP contribution in [-0.2, 0) is 9.53 Å². The van der Waals surface area contributed by atoms with Crippen LogP contribution in [0.4, 0.5) is 5.95 Å². The van der Waals surface area contributed by atoms with E-state index >= 15 is 0 Å². The molecule has 28 heavy (non-hydrogen) atoms. The number of aryl methyl sites for hydroxylation is 1. The molecule has 6 heteroatoms. The monoisotopic (exact) mass is 382 g/mol. The fourth-order valence-corrected chi connectivity index (χ4v) is 3.54. The van der Waals surface area contributed by atoms with Crippen LogP contribution in [0.1, 0.15) is 69.5 Å². The van der Waals surface area contributed by atoms with Crippen LogP contribution in [0.5, 0.6) is 0 Å². The van der Waals surface area contributed by atoms with Crippen molar-refractivity contribution in [2.45, 2.75) is 65.3 Å². The molecule has 2 aromatic rings. The van der Waals surface area contributed by atoms with Crippen molar-refractivity contribution in [1.82, 2.24) is 14.8 Å². The molecular formula is C22H30N4O2. The minimum absolute atomic E-state index is 0.287. The lowest BCUT2D eigenvalue weighted by molar-refractivity contribution is -0.139. The Hall–Kier alpha value is -2.63. The molecule has 3 rings (SSSR count). The summed E-state index contributed by atoms with van der Waals surface area (Å²) in [7, 11) is 0. The van der Waals surface area contributed by atoms with E-state index in [1.807, 2.05) is 38.1 Å². The van der Waals surface area contributed by atoms with E-state index in [1.54, 1.807) is 4.68 Å². The van der Waals surface area contributed by atoms with Crippen LogP contribution in [0.25, 0.3) is 0 Å². The number of carbonyl (C=O) groups excluding carboxylic acids is 1. The van der Waals surface area contributed by atoms with E-state index in [2.05, 4.69) is 22.3 Å². The van der Waals surface area contributed by atoms with Crippen molar-refractivity contribution >= 4 is 11.9 Å². The third-order valence-corrected chi connectivity index (χ3v) is 5.14. The molecule has 1 N–H and O–H groups in total. The number of hydrogen-bond donors (Lipinski definition) is 1. The minimum atomic E-state index is -0.337. The summed E-state index contributed by atoms with van der Waals surface area (Å²) in [6.07, 6.45) is 8.46. The van der Waals surface area contributed by atoms with Crippen molar-refractivity contribution in [2.75, 3.05) is 11.9 Å². The highest BCUT2D eigenvalue weighted by molar-refractivity contribution is 5.92. The van der Waals surface area contributed by atoms with Crippen LogP contribution in [0.15, 0.2) is 41.9 Å². The molecule has 1 aliphatic heterocycles. The zero-order chi connectivity index (χ0) is 19.9. The summed E-state index contributed by atoms with van der Waals surface area (Å²) < 4.78 is 7.38. The first-order chi connectivity index (χ1) is 13.6. The van der Waals surface area contributed by atoms with Crippen molar-refractivity contribution < 1.29 is 9.53 Å². The second-order valence-corrected chi connectivity index (χ2v) is 7.41. The van der Waals surface area contributed by atoms with Crippen LogP contribution in [0, 0.1) is 6.92 Å². The Morgan fingerprint density at radius 2 is 1.82 bits per heavy atom. The maximum Gasteiger partial charge on any atom is 0.338 e. The van der Waals surface area contributed by atoms with Gasteiger partial charge in [0, 0.05) is 5.70 Å². The molecule has 1 aromatic heterocycles. The topological polar surface area (TPSA) is 69.0 Å². The third-order valence-electron chi connectivity index (χ3n) is 5.14. The van der Waals surface area contributed by atoms with Crippen LogP contribution in [0.2, 0.25) is 0 Å². The summed E-state index contributed by atoms with van der Waals surface area (Å²) in [5.74, 6) is 0.348. The molecule has 6 nitrogen and oxygen atoms in total. The Kier molecular flexibility index (Phi) is 6.85. The Morgan fingerprint density at radius 1 is 1.11 bits per heavy atom. The largest absolute Gasteiger partial charge is 0.462 e. The van der Waals surface area contributed by atoms with E-state index in [0.717, 1.165) is 24.1 Å². The Bertz CT molecular complexity index is 823. The van der Waals surface area contributed by atoms with Crippen LogP contribution >= 0.6 is 0 Å². The van der Waals surface area contributed by atoms with Gasteiger partial charge in [0.2, 0.25) is 5.95 Å². The maximum absolute atomic E-state index is 12.9. The standard InChI is InChI=1S/C22H30N4O2/c1-4-5-6-7-8-9-14-28-21(27)19-17(3)25-22-23-15-24-26(22)20(19)18-12-10-16(2)11-13-18/h10-13,15,20H,4-9,14H2,1-3H3,(H,23,24,25)/t20-/m1/s1. The van der Waals surface area contributed by atoms with Crippen LogP contribution in [-0.4, -0.2) is 27.3 Å². The first-order valence-electron chi connectivity index (χ1n) is 10.2. The first kappa shape index (κ1) is 20.1. The SMILES string of the molecule is CCCCCCCCOC(=O)C1=C(C)Nc2ncnn2[C@@H]1c1ccc(C)cc1. The molecule has 1 aliphatic rings. The number of esters is 1. The van der Waals surface area contributed by atoms with E-state index in [1.165, 1.54) is 37.6 Å².